The first-order chi connectivity index (χ1) is 10.8. The smallest absolute Gasteiger partial charge is 0.139 e. The lowest BCUT2D eigenvalue weighted by Crippen LogP contribution is -2.06. The van der Waals surface area contributed by atoms with Gasteiger partial charge in [0.1, 0.15) is 16.7 Å². The molecule has 0 radical (unpaired) electrons. The number of thiophene rings is 1. The summed E-state index contributed by atoms with van der Waals surface area (Å²) < 4.78 is 2.31. The average Bonchev–Trinajstić information content (AvgIpc) is 3.18. The highest BCUT2D eigenvalue weighted by molar-refractivity contribution is 7.16. The number of hydrogen-bond donors (Lipinski definition) is 0. The Hall–Kier alpha value is -1.53. The molecule has 0 amide bonds. The summed E-state index contributed by atoms with van der Waals surface area (Å²) >= 11 is 3.52. The molecule has 6 heteroatoms. The lowest BCUT2D eigenvalue weighted by atomic mass is 10.2. The van der Waals surface area contributed by atoms with Crippen molar-refractivity contribution in [3.05, 3.63) is 39.0 Å². The Morgan fingerprint density at radius 2 is 2.14 bits per heavy atom. The molecule has 0 saturated carbocycles. The molecule has 0 aliphatic carbocycles. The van der Waals surface area contributed by atoms with Crippen LogP contribution in [0.1, 0.15) is 40.8 Å². The molecule has 0 saturated heterocycles. The van der Waals surface area contributed by atoms with E-state index in [1.807, 2.05) is 0 Å². The van der Waals surface area contributed by atoms with E-state index in [-0.39, 0.29) is 0 Å². The van der Waals surface area contributed by atoms with Crippen LogP contribution in [0.5, 0.6) is 0 Å². The van der Waals surface area contributed by atoms with Gasteiger partial charge in [0.05, 0.1) is 17.0 Å². The molecule has 0 fully saturated rings. The number of fused-ring (bicyclic) bond motifs is 1. The molecule has 4 rings (SSSR count). The molecule has 114 valence electrons. The molecule has 0 N–H and O–H groups in total. The highest BCUT2D eigenvalue weighted by atomic mass is 32.1. The van der Waals surface area contributed by atoms with E-state index in [1.54, 1.807) is 22.7 Å². The molecule has 3 aromatic rings. The molecule has 22 heavy (non-hydrogen) atoms. The molecule has 4 heterocycles. The van der Waals surface area contributed by atoms with Gasteiger partial charge in [-0.2, -0.15) is 0 Å². The van der Waals surface area contributed by atoms with E-state index in [1.165, 1.54) is 29.0 Å². The molecule has 0 bridgehead atoms. The zero-order chi connectivity index (χ0) is 14.9. The van der Waals surface area contributed by atoms with Crippen molar-refractivity contribution in [2.24, 2.45) is 0 Å². The maximum absolute atomic E-state index is 4.79. The van der Waals surface area contributed by atoms with Crippen LogP contribution in [-0.2, 0) is 19.4 Å². The summed E-state index contributed by atoms with van der Waals surface area (Å²) in [5, 5.41) is 12.1. The van der Waals surface area contributed by atoms with Crippen LogP contribution in [0.2, 0.25) is 0 Å². The first kappa shape index (κ1) is 14.1. The first-order valence-corrected chi connectivity index (χ1v) is 9.41. The second-order valence-corrected chi connectivity index (χ2v) is 7.94. The largest absolute Gasteiger partial charge is 0.315 e. The second kappa shape index (κ2) is 5.93. The van der Waals surface area contributed by atoms with Crippen LogP contribution in [0, 0.1) is 6.92 Å². The quantitative estimate of drug-likeness (QED) is 0.726. The van der Waals surface area contributed by atoms with Gasteiger partial charge in [-0.3, -0.25) is 0 Å². The summed E-state index contributed by atoms with van der Waals surface area (Å²) in [7, 11) is 0. The van der Waals surface area contributed by atoms with Gasteiger partial charge in [0, 0.05) is 23.2 Å². The lowest BCUT2D eigenvalue weighted by Gasteiger charge is -2.05. The monoisotopic (exact) mass is 330 g/mol. The third kappa shape index (κ3) is 2.73. The summed E-state index contributed by atoms with van der Waals surface area (Å²) in [5.41, 5.74) is 1.09. The van der Waals surface area contributed by atoms with Gasteiger partial charge in [-0.25, -0.2) is 4.98 Å². The number of hydrogen-bond acceptors (Lipinski definition) is 5. The zero-order valence-corrected chi connectivity index (χ0v) is 14.2. The molecule has 1 aliphatic rings. The van der Waals surface area contributed by atoms with Crippen molar-refractivity contribution in [3.8, 4) is 10.6 Å². The fraction of sp³-hybridized carbons (Fsp3) is 0.438. The maximum Gasteiger partial charge on any atom is 0.139 e. The normalized spacial score (nSPS) is 14.8. The van der Waals surface area contributed by atoms with Gasteiger partial charge in [-0.1, -0.05) is 6.42 Å². The summed E-state index contributed by atoms with van der Waals surface area (Å²) in [6.07, 6.45) is 5.61. The molecule has 0 spiro atoms. The van der Waals surface area contributed by atoms with E-state index in [4.69, 9.17) is 4.98 Å². The van der Waals surface area contributed by atoms with Gasteiger partial charge in [0.15, 0.2) is 0 Å². The highest BCUT2D eigenvalue weighted by Gasteiger charge is 2.16. The van der Waals surface area contributed by atoms with Crippen molar-refractivity contribution >= 4 is 22.7 Å². The van der Waals surface area contributed by atoms with E-state index in [0.29, 0.717) is 0 Å². The Balaban J connectivity index is 1.57. The highest BCUT2D eigenvalue weighted by Crippen LogP contribution is 2.29. The van der Waals surface area contributed by atoms with Crippen LogP contribution < -0.4 is 0 Å². The molecule has 1 aliphatic heterocycles. The van der Waals surface area contributed by atoms with Crippen molar-refractivity contribution in [2.75, 3.05) is 0 Å². The minimum Gasteiger partial charge on any atom is -0.315 e. The zero-order valence-electron chi connectivity index (χ0n) is 12.6. The molecule has 0 unspecified atom stereocenters. The van der Waals surface area contributed by atoms with E-state index < -0.39 is 0 Å². The Morgan fingerprint density at radius 1 is 1.18 bits per heavy atom. The van der Waals surface area contributed by atoms with Crippen molar-refractivity contribution in [1.29, 1.82) is 0 Å². The number of rotatable bonds is 3. The summed E-state index contributed by atoms with van der Waals surface area (Å²) in [5.74, 6) is 2.22. The molecular formula is C16H18N4S2. The summed E-state index contributed by atoms with van der Waals surface area (Å²) in [6.45, 7) is 3.19. The van der Waals surface area contributed by atoms with Crippen molar-refractivity contribution < 1.29 is 0 Å². The minimum absolute atomic E-state index is 0.794. The van der Waals surface area contributed by atoms with Crippen molar-refractivity contribution in [2.45, 2.75) is 45.6 Å². The van der Waals surface area contributed by atoms with E-state index >= 15 is 0 Å². The van der Waals surface area contributed by atoms with E-state index in [0.717, 1.165) is 41.7 Å². The molecule has 3 aromatic heterocycles. The third-order valence-corrected chi connectivity index (χ3v) is 5.91. The van der Waals surface area contributed by atoms with Gasteiger partial charge in [0.25, 0.3) is 0 Å². The Bertz CT molecular complexity index is 784. The van der Waals surface area contributed by atoms with Crippen LogP contribution in [0.3, 0.4) is 0 Å². The van der Waals surface area contributed by atoms with E-state index in [9.17, 15) is 0 Å². The molecule has 0 atom stereocenters. The lowest BCUT2D eigenvalue weighted by molar-refractivity contribution is 0.611. The fourth-order valence-electron chi connectivity index (χ4n) is 2.89. The fourth-order valence-corrected chi connectivity index (χ4v) is 4.58. The molecular weight excluding hydrogens is 312 g/mol. The van der Waals surface area contributed by atoms with Crippen LogP contribution >= 0.6 is 22.7 Å². The number of aryl methyl sites for hydroxylation is 2. The van der Waals surface area contributed by atoms with Gasteiger partial charge in [0.2, 0.25) is 0 Å². The Morgan fingerprint density at radius 3 is 3.00 bits per heavy atom. The van der Waals surface area contributed by atoms with Crippen LogP contribution in [-0.4, -0.2) is 19.7 Å². The summed E-state index contributed by atoms with van der Waals surface area (Å²) in [6, 6.07) is 4.30. The van der Waals surface area contributed by atoms with Gasteiger partial charge in [-0.15, -0.1) is 32.9 Å². The van der Waals surface area contributed by atoms with Crippen LogP contribution in [0.25, 0.3) is 10.6 Å². The van der Waals surface area contributed by atoms with Crippen molar-refractivity contribution in [1.82, 2.24) is 19.7 Å². The number of thiazole rings is 1. The number of aromatic nitrogens is 4. The summed E-state index contributed by atoms with van der Waals surface area (Å²) in [4.78, 5) is 7.37. The van der Waals surface area contributed by atoms with Gasteiger partial charge < -0.3 is 4.57 Å². The standard InChI is InChI=1S/C16H18N4S2/c1-11-6-7-13(22-11)12-10-21-16(17-12)9-15-19-18-14-5-3-2-4-8-20(14)15/h6-7,10H,2-5,8-9H2,1H3. The maximum atomic E-state index is 4.79. The number of nitrogens with zero attached hydrogens (tertiary/aromatic N) is 4. The van der Waals surface area contributed by atoms with Crippen molar-refractivity contribution in [3.63, 3.8) is 0 Å². The second-order valence-electron chi connectivity index (χ2n) is 5.71. The third-order valence-electron chi connectivity index (χ3n) is 4.04. The van der Waals surface area contributed by atoms with Gasteiger partial charge >= 0.3 is 0 Å². The van der Waals surface area contributed by atoms with Crippen LogP contribution in [0.4, 0.5) is 0 Å². The predicted molar refractivity (Wildman–Crippen MR) is 90.5 cm³/mol. The minimum atomic E-state index is 0.794. The topological polar surface area (TPSA) is 43.6 Å². The van der Waals surface area contributed by atoms with E-state index in [2.05, 4.69) is 39.2 Å². The molecule has 0 aromatic carbocycles. The molecule has 4 nitrogen and oxygen atoms in total. The van der Waals surface area contributed by atoms with Crippen LogP contribution in [0.15, 0.2) is 17.5 Å². The first-order valence-electron chi connectivity index (χ1n) is 7.72. The Kier molecular flexibility index (Phi) is 3.80. The Labute approximate surface area is 137 Å². The SMILES string of the molecule is Cc1ccc(-c2csc(Cc3nnc4n3CCCCC4)n2)s1. The average molecular weight is 330 g/mol. The van der Waals surface area contributed by atoms with Gasteiger partial charge in [-0.05, 0) is 31.9 Å². The predicted octanol–water partition coefficient (Wildman–Crippen LogP) is 4.09.